The Morgan fingerprint density at radius 3 is 2.75 bits per heavy atom. The molecule has 0 amide bonds. The van der Waals surface area contributed by atoms with Gasteiger partial charge in [0.25, 0.3) is 0 Å². The third kappa shape index (κ3) is 2.87. The molecular formula is C15H18O4S. The smallest absolute Gasteiger partial charge is 0.313 e. The molecule has 4 nitrogen and oxygen atoms in total. The lowest BCUT2D eigenvalue weighted by atomic mass is 9.91. The highest BCUT2D eigenvalue weighted by Gasteiger charge is 2.24. The normalized spacial score (nSPS) is 20.9. The molecule has 3 rings (SSSR count). The number of hydrogen-bond acceptors (Lipinski definition) is 4. The predicted octanol–water partition coefficient (Wildman–Crippen LogP) is 3.04. The van der Waals surface area contributed by atoms with Gasteiger partial charge in [-0.15, -0.1) is 11.8 Å². The Balaban J connectivity index is 1.88. The summed E-state index contributed by atoms with van der Waals surface area (Å²) in [6, 6.07) is 4.15. The number of rotatable bonds is 3. The van der Waals surface area contributed by atoms with Gasteiger partial charge in [0.05, 0.1) is 19.0 Å². The van der Waals surface area contributed by atoms with E-state index in [1.54, 1.807) is 0 Å². The van der Waals surface area contributed by atoms with Crippen molar-refractivity contribution in [1.82, 2.24) is 0 Å². The number of carboxylic acid groups (broad SMARTS) is 1. The fourth-order valence-electron chi connectivity index (χ4n) is 2.76. The van der Waals surface area contributed by atoms with E-state index in [2.05, 4.69) is 12.1 Å². The van der Waals surface area contributed by atoms with E-state index in [-0.39, 0.29) is 11.0 Å². The van der Waals surface area contributed by atoms with Crippen LogP contribution in [-0.2, 0) is 11.2 Å². The molecule has 20 heavy (non-hydrogen) atoms. The maximum Gasteiger partial charge on any atom is 0.313 e. The first-order valence-electron chi connectivity index (χ1n) is 7.00. The van der Waals surface area contributed by atoms with E-state index in [1.807, 2.05) is 0 Å². The Morgan fingerprint density at radius 2 is 2.00 bits per heavy atom. The minimum absolute atomic E-state index is 0.151. The van der Waals surface area contributed by atoms with Crippen molar-refractivity contribution in [3.05, 3.63) is 23.3 Å². The van der Waals surface area contributed by atoms with Crippen molar-refractivity contribution in [2.24, 2.45) is 0 Å². The molecule has 108 valence electrons. The number of ether oxygens (including phenoxy) is 2. The van der Waals surface area contributed by atoms with Crippen molar-refractivity contribution in [2.45, 2.75) is 30.9 Å². The Kier molecular flexibility index (Phi) is 4.05. The van der Waals surface area contributed by atoms with E-state index in [4.69, 9.17) is 14.6 Å². The van der Waals surface area contributed by atoms with E-state index in [1.165, 1.54) is 22.9 Å². The minimum atomic E-state index is -0.753. The lowest BCUT2D eigenvalue weighted by molar-refractivity contribution is -0.133. The van der Waals surface area contributed by atoms with Crippen molar-refractivity contribution in [1.29, 1.82) is 0 Å². The number of carboxylic acids is 1. The number of carbonyl (C=O) groups is 1. The molecule has 0 saturated heterocycles. The molecule has 0 radical (unpaired) electrons. The third-order valence-electron chi connectivity index (χ3n) is 3.68. The quantitative estimate of drug-likeness (QED) is 0.928. The second kappa shape index (κ2) is 5.95. The predicted molar refractivity (Wildman–Crippen MR) is 77.8 cm³/mol. The third-order valence-corrected chi connectivity index (χ3v) is 4.98. The first-order chi connectivity index (χ1) is 9.74. The van der Waals surface area contributed by atoms with Crippen LogP contribution in [-0.4, -0.2) is 30.0 Å². The van der Waals surface area contributed by atoms with Gasteiger partial charge in [-0.25, -0.2) is 0 Å². The molecule has 0 fully saturated rings. The number of fused-ring (bicyclic) bond motifs is 2. The van der Waals surface area contributed by atoms with Gasteiger partial charge in [0.15, 0.2) is 11.5 Å². The molecular weight excluding hydrogens is 276 g/mol. The Bertz CT molecular complexity index is 515. The SMILES string of the molecule is O=C(O)CSC1CCCc2cc3c(cc21)OCCCO3. The summed E-state index contributed by atoms with van der Waals surface area (Å²) in [4.78, 5) is 10.8. The van der Waals surface area contributed by atoms with Crippen molar-refractivity contribution in [2.75, 3.05) is 19.0 Å². The standard InChI is InChI=1S/C15H18O4S/c16-15(17)9-20-14-4-1-3-10-7-12-13(8-11(10)14)19-6-2-5-18-12/h7-8,14H,1-6,9H2,(H,16,17). The molecule has 1 atom stereocenters. The second-order valence-electron chi connectivity index (χ2n) is 5.13. The highest BCUT2D eigenvalue weighted by molar-refractivity contribution is 8.00. The average molecular weight is 294 g/mol. The van der Waals surface area contributed by atoms with Crippen LogP contribution in [0.5, 0.6) is 11.5 Å². The summed E-state index contributed by atoms with van der Waals surface area (Å²) in [6.07, 6.45) is 4.07. The molecule has 1 aliphatic carbocycles. The maximum absolute atomic E-state index is 10.8. The second-order valence-corrected chi connectivity index (χ2v) is 6.32. The van der Waals surface area contributed by atoms with Crippen LogP contribution in [0.4, 0.5) is 0 Å². The fourth-order valence-corrected chi connectivity index (χ4v) is 3.84. The summed E-state index contributed by atoms with van der Waals surface area (Å²) in [5.41, 5.74) is 2.51. The van der Waals surface area contributed by atoms with E-state index in [0.717, 1.165) is 37.2 Å². The zero-order valence-corrected chi connectivity index (χ0v) is 12.1. The van der Waals surface area contributed by atoms with Crippen LogP contribution in [0, 0.1) is 0 Å². The highest BCUT2D eigenvalue weighted by Crippen LogP contribution is 2.44. The Labute approximate surface area is 122 Å². The Hall–Kier alpha value is -1.36. The molecule has 1 heterocycles. The van der Waals surface area contributed by atoms with Gasteiger partial charge in [-0.2, -0.15) is 0 Å². The van der Waals surface area contributed by atoms with Gasteiger partial charge in [-0.05, 0) is 42.5 Å². The largest absolute Gasteiger partial charge is 0.490 e. The van der Waals surface area contributed by atoms with E-state index in [0.29, 0.717) is 13.2 Å². The van der Waals surface area contributed by atoms with Gasteiger partial charge < -0.3 is 14.6 Å². The van der Waals surface area contributed by atoms with Gasteiger partial charge in [-0.3, -0.25) is 4.79 Å². The van der Waals surface area contributed by atoms with E-state index >= 15 is 0 Å². The summed E-state index contributed by atoms with van der Waals surface area (Å²) in [5, 5.41) is 9.11. The average Bonchev–Trinajstić information content (AvgIpc) is 2.67. The summed E-state index contributed by atoms with van der Waals surface area (Å²) in [6.45, 7) is 1.38. The van der Waals surface area contributed by atoms with Crippen LogP contribution in [0.15, 0.2) is 12.1 Å². The van der Waals surface area contributed by atoms with Crippen LogP contribution in [0.1, 0.15) is 35.6 Å². The summed E-state index contributed by atoms with van der Waals surface area (Å²) >= 11 is 1.51. The molecule has 0 bridgehead atoms. The molecule has 1 aromatic rings. The first kappa shape index (κ1) is 13.6. The minimum Gasteiger partial charge on any atom is -0.490 e. The van der Waals surface area contributed by atoms with Crippen molar-refractivity contribution < 1.29 is 19.4 Å². The molecule has 0 saturated carbocycles. The van der Waals surface area contributed by atoms with Gasteiger partial charge in [0, 0.05) is 11.7 Å². The van der Waals surface area contributed by atoms with Gasteiger partial charge in [0.2, 0.25) is 0 Å². The van der Waals surface area contributed by atoms with E-state index < -0.39 is 5.97 Å². The van der Waals surface area contributed by atoms with Crippen LogP contribution in [0.3, 0.4) is 0 Å². The van der Waals surface area contributed by atoms with Crippen molar-refractivity contribution >= 4 is 17.7 Å². The molecule has 5 heteroatoms. The molecule has 1 aliphatic heterocycles. The maximum atomic E-state index is 10.8. The van der Waals surface area contributed by atoms with Crippen molar-refractivity contribution in [3.63, 3.8) is 0 Å². The molecule has 2 aliphatic rings. The van der Waals surface area contributed by atoms with Gasteiger partial charge in [-0.1, -0.05) is 0 Å². The number of hydrogen-bond donors (Lipinski definition) is 1. The molecule has 1 unspecified atom stereocenters. The first-order valence-corrected chi connectivity index (χ1v) is 8.05. The number of aryl methyl sites for hydroxylation is 1. The zero-order chi connectivity index (χ0) is 13.9. The number of aliphatic carboxylic acids is 1. The summed E-state index contributed by atoms with van der Waals surface area (Å²) in [7, 11) is 0. The molecule has 0 spiro atoms. The zero-order valence-electron chi connectivity index (χ0n) is 11.3. The van der Waals surface area contributed by atoms with Crippen LogP contribution < -0.4 is 9.47 Å². The number of thioether (sulfide) groups is 1. The van der Waals surface area contributed by atoms with Crippen LogP contribution in [0.25, 0.3) is 0 Å². The Morgan fingerprint density at radius 1 is 1.25 bits per heavy atom. The summed E-state index contributed by atoms with van der Waals surface area (Å²) in [5.74, 6) is 1.05. The van der Waals surface area contributed by atoms with Gasteiger partial charge in [0.1, 0.15) is 0 Å². The topological polar surface area (TPSA) is 55.8 Å². The molecule has 1 N–H and O–H groups in total. The lowest BCUT2D eigenvalue weighted by Gasteiger charge is -2.26. The summed E-state index contributed by atoms with van der Waals surface area (Å²) < 4.78 is 11.5. The lowest BCUT2D eigenvalue weighted by Crippen LogP contribution is -2.10. The van der Waals surface area contributed by atoms with E-state index in [9.17, 15) is 4.79 Å². The number of benzene rings is 1. The monoisotopic (exact) mass is 294 g/mol. The van der Waals surface area contributed by atoms with Crippen LogP contribution >= 0.6 is 11.8 Å². The fraction of sp³-hybridized carbons (Fsp3) is 0.533. The van der Waals surface area contributed by atoms with Crippen molar-refractivity contribution in [3.8, 4) is 11.5 Å². The molecule has 1 aromatic carbocycles. The van der Waals surface area contributed by atoms with Gasteiger partial charge >= 0.3 is 5.97 Å². The van der Waals surface area contributed by atoms with Crippen LogP contribution in [0.2, 0.25) is 0 Å². The highest BCUT2D eigenvalue weighted by atomic mass is 32.2. The molecule has 0 aromatic heterocycles.